The van der Waals surface area contributed by atoms with E-state index in [9.17, 15) is 0 Å². The number of pyridine rings is 1. The van der Waals surface area contributed by atoms with Crippen molar-refractivity contribution < 1.29 is 14.2 Å². The van der Waals surface area contributed by atoms with Crippen LogP contribution in [0.5, 0.6) is 0 Å². The van der Waals surface area contributed by atoms with Crippen molar-refractivity contribution in [2.45, 2.75) is 39.7 Å². The van der Waals surface area contributed by atoms with Gasteiger partial charge in [-0.1, -0.05) is 19.4 Å². The van der Waals surface area contributed by atoms with Crippen LogP contribution in [-0.4, -0.2) is 20.2 Å². The minimum atomic E-state index is 0.250. The van der Waals surface area contributed by atoms with E-state index in [1.807, 2.05) is 0 Å². The molecule has 0 N–H and O–H groups in total. The molecule has 3 aromatic rings. The topological polar surface area (TPSA) is 41.3 Å². The van der Waals surface area contributed by atoms with Gasteiger partial charge in [-0.05, 0) is 43.2 Å². The largest absolute Gasteiger partial charge is 0.377 e. The van der Waals surface area contributed by atoms with Gasteiger partial charge in [0.05, 0.1) is 0 Å². The monoisotopic (exact) mass is 351 g/mol. The van der Waals surface area contributed by atoms with E-state index in [1.165, 1.54) is 52.3 Å². The Morgan fingerprint density at radius 2 is 1.54 bits per heavy atom. The predicted molar refractivity (Wildman–Crippen MR) is 105 cm³/mol. The summed E-state index contributed by atoms with van der Waals surface area (Å²) in [5.74, 6) is 0. The maximum atomic E-state index is 8.12. The number of hydrogen-bond acceptors (Lipinski definition) is 3. The van der Waals surface area contributed by atoms with Crippen LogP contribution in [0, 0.1) is 6.92 Å². The van der Waals surface area contributed by atoms with Crippen molar-refractivity contribution in [3.63, 3.8) is 0 Å². The molecular formula is C22H27N2O2+. The third-order valence-electron chi connectivity index (χ3n) is 4.59. The molecule has 0 fully saturated rings. The molecule has 0 saturated heterocycles. The van der Waals surface area contributed by atoms with Crippen molar-refractivity contribution in [2.24, 2.45) is 0 Å². The second-order valence-electron chi connectivity index (χ2n) is 6.79. The van der Waals surface area contributed by atoms with Crippen molar-refractivity contribution in [3.8, 4) is 0 Å². The van der Waals surface area contributed by atoms with E-state index in [-0.39, 0.29) is 6.15 Å². The highest BCUT2D eigenvalue weighted by Crippen LogP contribution is 2.23. The standard InChI is InChI=1S/C21H27N2.CO2/c1-5-6-7-12-23-20-13-16(2)8-9-17(20)14-18-10-11-19(22(3)4)15-21(18)23;2-1-3/h8-11,13-15H,5-7,12H2,1-4H3;/q+1;. The molecule has 0 atom stereocenters. The van der Waals surface area contributed by atoms with Gasteiger partial charge in [-0.2, -0.15) is 14.2 Å². The van der Waals surface area contributed by atoms with Crippen LogP contribution in [0.4, 0.5) is 5.69 Å². The molecule has 0 aliphatic heterocycles. The molecule has 4 nitrogen and oxygen atoms in total. The number of hydrogen-bond donors (Lipinski definition) is 0. The second-order valence-corrected chi connectivity index (χ2v) is 6.79. The van der Waals surface area contributed by atoms with E-state index in [1.54, 1.807) is 0 Å². The first-order valence-corrected chi connectivity index (χ1v) is 9.05. The summed E-state index contributed by atoms with van der Waals surface area (Å²) in [6.45, 7) is 5.53. The van der Waals surface area contributed by atoms with Gasteiger partial charge in [0.1, 0.15) is 6.54 Å². The summed E-state index contributed by atoms with van der Waals surface area (Å²) in [6, 6.07) is 15.9. The maximum Gasteiger partial charge on any atom is 0.373 e. The quantitative estimate of drug-likeness (QED) is 0.392. The Morgan fingerprint density at radius 3 is 2.15 bits per heavy atom. The number of fused-ring (bicyclic) bond motifs is 2. The van der Waals surface area contributed by atoms with Gasteiger partial charge in [0.25, 0.3) is 0 Å². The summed E-state index contributed by atoms with van der Waals surface area (Å²) < 4.78 is 2.51. The third-order valence-corrected chi connectivity index (χ3v) is 4.59. The van der Waals surface area contributed by atoms with Crippen LogP contribution in [0.1, 0.15) is 31.7 Å². The number of aryl methyl sites for hydroxylation is 2. The van der Waals surface area contributed by atoms with Gasteiger partial charge in [-0.15, -0.1) is 0 Å². The number of nitrogens with zero attached hydrogens (tertiary/aromatic N) is 2. The lowest BCUT2D eigenvalue weighted by Gasteiger charge is -2.13. The molecule has 1 heterocycles. The van der Waals surface area contributed by atoms with E-state index in [2.05, 4.69) is 79.9 Å². The fourth-order valence-electron chi connectivity index (χ4n) is 3.23. The smallest absolute Gasteiger partial charge is 0.373 e. The summed E-state index contributed by atoms with van der Waals surface area (Å²) in [5.41, 5.74) is 5.27. The third kappa shape index (κ3) is 4.47. The van der Waals surface area contributed by atoms with Gasteiger partial charge in [0, 0.05) is 49.1 Å². The first-order valence-electron chi connectivity index (χ1n) is 9.05. The highest BCUT2D eigenvalue weighted by atomic mass is 16.2. The first kappa shape index (κ1) is 19.6. The van der Waals surface area contributed by atoms with Gasteiger partial charge >= 0.3 is 6.15 Å². The molecule has 0 aliphatic rings. The van der Waals surface area contributed by atoms with Gasteiger partial charge < -0.3 is 4.90 Å². The summed E-state index contributed by atoms with van der Waals surface area (Å²) >= 11 is 0. The van der Waals surface area contributed by atoms with E-state index in [0.29, 0.717) is 0 Å². The van der Waals surface area contributed by atoms with Crippen molar-refractivity contribution in [1.82, 2.24) is 0 Å². The molecule has 1 aromatic heterocycles. The van der Waals surface area contributed by atoms with Gasteiger partial charge in [0.2, 0.25) is 11.0 Å². The second kappa shape index (κ2) is 9.12. The van der Waals surface area contributed by atoms with E-state index >= 15 is 0 Å². The van der Waals surface area contributed by atoms with Crippen LogP contribution in [0.15, 0.2) is 42.5 Å². The number of anilines is 1. The molecular weight excluding hydrogens is 324 g/mol. The molecule has 0 spiro atoms. The number of aromatic nitrogens is 1. The molecule has 26 heavy (non-hydrogen) atoms. The Labute approximate surface area is 155 Å². The minimum Gasteiger partial charge on any atom is -0.377 e. The summed E-state index contributed by atoms with van der Waals surface area (Å²) in [5, 5.41) is 2.65. The predicted octanol–water partition coefficient (Wildman–Crippen LogP) is 4.26. The molecule has 136 valence electrons. The lowest BCUT2D eigenvalue weighted by Crippen LogP contribution is -2.35. The van der Waals surface area contributed by atoms with Crippen LogP contribution >= 0.6 is 0 Å². The molecule has 0 aliphatic carbocycles. The molecule has 4 heteroatoms. The zero-order valence-electron chi connectivity index (χ0n) is 16.1. The van der Waals surface area contributed by atoms with Crippen LogP contribution in [0.3, 0.4) is 0 Å². The zero-order valence-corrected chi connectivity index (χ0v) is 16.1. The Balaban J connectivity index is 0.000000758. The Morgan fingerprint density at radius 1 is 0.923 bits per heavy atom. The number of unbranched alkanes of at least 4 members (excludes halogenated alkanes) is 2. The minimum absolute atomic E-state index is 0.250. The van der Waals surface area contributed by atoms with Gasteiger partial charge in [-0.25, -0.2) is 0 Å². The van der Waals surface area contributed by atoms with Gasteiger partial charge in [-0.3, -0.25) is 0 Å². The van der Waals surface area contributed by atoms with Crippen molar-refractivity contribution in [3.05, 3.63) is 48.0 Å². The molecule has 0 amide bonds. The zero-order chi connectivity index (χ0) is 19.1. The van der Waals surface area contributed by atoms with E-state index in [0.717, 1.165) is 6.54 Å². The summed E-state index contributed by atoms with van der Waals surface area (Å²) in [4.78, 5) is 18.4. The van der Waals surface area contributed by atoms with Crippen LogP contribution < -0.4 is 9.47 Å². The molecule has 0 bridgehead atoms. The maximum absolute atomic E-state index is 8.12. The van der Waals surface area contributed by atoms with Crippen LogP contribution in [0.2, 0.25) is 0 Å². The normalized spacial score (nSPS) is 10.3. The Bertz CT molecular complexity index is 926. The first-order chi connectivity index (χ1) is 12.5. The van der Waals surface area contributed by atoms with Gasteiger partial charge in [0.15, 0.2) is 0 Å². The molecule has 0 saturated carbocycles. The fraction of sp³-hybridized carbons (Fsp3) is 0.364. The van der Waals surface area contributed by atoms with Crippen molar-refractivity contribution in [1.29, 1.82) is 0 Å². The molecule has 2 aromatic carbocycles. The lowest BCUT2D eigenvalue weighted by atomic mass is 10.1. The highest BCUT2D eigenvalue weighted by Gasteiger charge is 2.16. The molecule has 0 unspecified atom stereocenters. The average molecular weight is 351 g/mol. The van der Waals surface area contributed by atoms with E-state index in [4.69, 9.17) is 9.59 Å². The SMILES string of the molecule is CCCCC[n+]1c2cc(C)ccc2cc2ccc(N(C)C)cc21.O=C=O. The number of rotatable bonds is 5. The summed E-state index contributed by atoms with van der Waals surface area (Å²) in [6.07, 6.45) is 4.02. The Hall–Kier alpha value is -2.71. The number of carbonyl (C=O) groups excluding carboxylic acids is 2. The fourth-order valence-corrected chi connectivity index (χ4v) is 3.23. The van der Waals surface area contributed by atoms with Crippen molar-refractivity contribution >= 4 is 33.6 Å². The van der Waals surface area contributed by atoms with Crippen LogP contribution in [-0.2, 0) is 16.1 Å². The highest BCUT2D eigenvalue weighted by molar-refractivity contribution is 5.90. The molecule has 3 rings (SSSR count). The van der Waals surface area contributed by atoms with Crippen LogP contribution in [0.25, 0.3) is 21.8 Å². The van der Waals surface area contributed by atoms with E-state index < -0.39 is 0 Å². The Kier molecular flexibility index (Phi) is 6.88. The average Bonchev–Trinajstić information content (AvgIpc) is 2.62. The van der Waals surface area contributed by atoms with Crippen molar-refractivity contribution in [2.75, 3.05) is 19.0 Å². The lowest BCUT2D eigenvalue weighted by molar-refractivity contribution is -0.645. The summed E-state index contributed by atoms with van der Waals surface area (Å²) in [7, 11) is 4.21. The number of benzene rings is 2. The molecule has 0 radical (unpaired) electrons.